The van der Waals surface area contributed by atoms with Gasteiger partial charge in [-0.3, -0.25) is 0 Å². The SMILES string of the molecule is CN1CCC2(CC1)CCN(C)c1ccccc12. The fourth-order valence-electron chi connectivity index (χ4n) is 3.46. The highest BCUT2D eigenvalue weighted by molar-refractivity contribution is 5.58. The minimum Gasteiger partial charge on any atom is -0.374 e. The highest BCUT2D eigenvalue weighted by atomic mass is 15.1. The van der Waals surface area contributed by atoms with Gasteiger partial charge in [0.25, 0.3) is 0 Å². The zero-order valence-electron chi connectivity index (χ0n) is 10.9. The number of benzene rings is 1. The van der Waals surface area contributed by atoms with Crippen molar-refractivity contribution in [3.63, 3.8) is 0 Å². The third-order valence-corrected chi connectivity index (χ3v) is 4.76. The summed E-state index contributed by atoms with van der Waals surface area (Å²) in [4.78, 5) is 4.88. The van der Waals surface area contributed by atoms with Gasteiger partial charge in [-0.1, -0.05) is 18.2 Å². The molecule has 0 unspecified atom stereocenters. The summed E-state index contributed by atoms with van der Waals surface area (Å²) in [5.41, 5.74) is 3.53. The van der Waals surface area contributed by atoms with Crippen molar-refractivity contribution in [1.29, 1.82) is 0 Å². The van der Waals surface area contributed by atoms with Crippen LogP contribution >= 0.6 is 0 Å². The molecule has 17 heavy (non-hydrogen) atoms. The summed E-state index contributed by atoms with van der Waals surface area (Å²) in [6, 6.07) is 9.02. The monoisotopic (exact) mass is 230 g/mol. The first-order valence-electron chi connectivity index (χ1n) is 6.70. The number of para-hydroxylation sites is 1. The lowest BCUT2D eigenvalue weighted by Crippen LogP contribution is -2.46. The third kappa shape index (κ3) is 1.75. The predicted octanol–water partition coefficient (Wildman–Crippen LogP) is 2.49. The molecular formula is C15H22N2. The van der Waals surface area contributed by atoms with E-state index >= 15 is 0 Å². The van der Waals surface area contributed by atoms with Gasteiger partial charge in [-0.05, 0) is 51.0 Å². The number of nitrogens with zero attached hydrogens (tertiary/aromatic N) is 2. The van der Waals surface area contributed by atoms with E-state index in [4.69, 9.17) is 0 Å². The summed E-state index contributed by atoms with van der Waals surface area (Å²) in [5, 5.41) is 0. The molecule has 3 rings (SSSR count). The van der Waals surface area contributed by atoms with Gasteiger partial charge in [0.15, 0.2) is 0 Å². The van der Waals surface area contributed by atoms with Crippen molar-refractivity contribution in [2.45, 2.75) is 24.7 Å². The van der Waals surface area contributed by atoms with Crippen molar-refractivity contribution >= 4 is 5.69 Å². The summed E-state index contributed by atoms with van der Waals surface area (Å²) in [6.45, 7) is 3.71. The van der Waals surface area contributed by atoms with Crippen LogP contribution in [-0.2, 0) is 5.41 Å². The standard InChI is InChI=1S/C15H22N2/c1-16-10-7-15(8-11-16)9-12-17(2)14-6-4-3-5-13(14)15/h3-6H,7-12H2,1-2H3. The van der Waals surface area contributed by atoms with Crippen LogP contribution in [0.2, 0.25) is 0 Å². The van der Waals surface area contributed by atoms with Crippen LogP contribution in [0.15, 0.2) is 24.3 Å². The second-order valence-corrected chi connectivity index (χ2v) is 5.77. The van der Waals surface area contributed by atoms with Crippen LogP contribution in [0.4, 0.5) is 5.69 Å². The largest absolute Gasteiger partial charge is 0.374 e. The molecule has 2 nitrogen and oxygen atoms in total. The molecule has 0 saturated carbocycles. The first kappa shape index (κ1) is 11.1. The van der Waals surface area contributed by atoms with Gasteiger partial charge in [0.05, 0.1) is 0 Å². The van der Waals surface area contributed by atoms with Gasteiger partial charge >= 0.3 is 0 Å². The van der Waals surface area contributed by atoms with E-state index in [-0.39, 0.29) is 0 Å². The molecule has 2 aliphatic rings. The minimum atomic E-state index is 0.468. The number of anilines is 1. The Hall–Kier alpha value is -1.02. The summed E-state index contributed by atoms with van der Waals surface area (Å²) in [6.07, 6.45) is 3.98. The summed E-state index contributed by atoms with van der Waals surface area (Å²) in [7, 11) is 4.47. The molecule has 0 aliphatic carbocycles. The topological polar surface area (TPSA) is 6.48 Å². The van der Waals surface area contributed by atoms with Gasteiger partial charge in [0.1, 0.15) is 0 Å². The quantitative estimate of drug-likeness (QED) is 0.675. The Labute approximate surface area is 104 Å². The van der Waals surface area contributed by atoms with Crippen LogP contribution in [0.25, 0.3) is 0 Å². The number of fused-ring (bicyclic) bond motifs is 2. The lowest BCUT2D eigenvalue weighted by molar-refractivity contribution is 0.176. The first-order valence-corrected chi connectivity index (χ1v) is 6.70. The van der Waals surface area contributed by atoms with Crippen LogP contribution in [0.1, 0.15) is 24.8 Å². The molecule has 1 fully saturated rings. The summed E-state index contributed by atoms with van der Waals surface area (Å²) in [5.74, 6) is 0. The molecule has 1 aromatic rings. The number of piperidine rings is 1. The molecule has 0 bridgehead atoms. The number of hydrogen-bond donors (Lipinski definition) is 0. The molecule has 1 spiro atoms. The molecule has 2 heterocycles. The normalized spacial score (nSPS) is 23.8. The van der Waals surface area contributed by atoms with Gasteiger partial charge in [0.2, 0.25) is 0 Å². The summed E-state index contributed by atoms with van der Waals surface area (Å²) < 4.78 is 0. The van der Waals surface area contributed by atoms with Gasteiger partial charge in [0, 0.05) is 24.7 Å². The Morgan fingerprint density at radius 2 is 1.59 bits per heavy atom. The van der Waals surface area contributed by atoms with Gasteiger partial charge in [-0.15, -0.1) is 0 Å². The molecule has 2 aliphatic heterocycles. The highest BCUT2D eigenvalue weighted by Crippen LogP contribution is 2.45. The van der Waals surface area contributed by atoms with Gasteiger partial charge in [-0.25, -0.2) is 0 Å². The maximum absolute atomic E-state index is 2.46. The molecule has 0 aromatic heterocycles. The van der Waals surface area contributed by atoms with Gasteiger partial charge in [-0.2, -0.15) is 0 Å². The fourth-order valence-corrected chi connectivity index (χ4v) is 3.46. The van der Waals surface area contributed by atoms with Crippen molar-refractivity contribution in [2.75, 3.05) is 38.6 Å². The zero-order valence-corrected chi connectivity index (χ0v) is 10.9. The number of likely N-dealkylation sites (tertiary alicyclic amines) is 1. The van der Waals surface area contributed by atoms with E-state index in [2.05, 4.69) is 48.2 Å². The minimum absolute atomic E-state index is 0.468. The third-order valence-electron chi connectivity index (χ3n) is 4.76. The van der Waals surface area contributed by atoms with Crippen molar-refractivity contribution < 1.29 is 0 Å². The molecule has 92 valence electrons. The van der Waals surface area contributed by atoms with Crippen LogP contribution < -0.4 is 4.90 Å². The lowest BCUT2D eigenvalue weighted by atomic mass is 9.68. The highest BCUT2D eigenvalue weighted by Gasteiger charge is 2.39. The van der Waals surface area contributed by atoms with Crippen molar-refractivity contribution in [3.8, 4) is 0 Å². The van der Waals surface area contributed by atoms with Crippen molar-refractivity contribution in [2.24, 2.45) is 0 Å². The molecule has 2 heteroatoms. The fraction of sp³-hybridized carbons (Fsp3) is 0.600. The maximum Gasteiger partial charge on any atom is 0.0401 e. The Kier molecular flexibility index (Phi) is 2.62. The Morgan fingerprint density at radius 1 is 0.941 bits per heavy atom. The second kappa shape index (κ2) is 4.02. The van der Waals surface area contributed by atoms with Crippen molar-refractivity contribution in [1.82, 2.24) is 4.90 Å². The van der Waals surface area contributed by atoms with Crippen LogP contribution in [0.3, 0.4) is 0 Å². The van der Waals surface area contributed by atoms with Crippen molar-refractivity contribution in [3.05, 3.63) is 29.8 Å². The Balaban J connectivity index is 2.00. The average molecular weight is 230 g/mol. The molecule has 1 saturated heterocycles. The van der Waals surface area contributed by atoms with Crippen LogP contribution in [0.5, 0.6) is 0 Å². The second-order valence-electron chi connectivity index (χ2n) is 5.77. The number of rotatable bonds is 0. The predicted molar refractivity (Wildman–Crippen MR) is 72.7 cm³/mol. The molecule has 1 aromatic carbocycles. The molecule has 0 amide bonds. The number of hydrogen-bond acceptors (Lipinski definition) is 2. The van der Waals surface area contributed by atoms with E-state index in [1.165, 1.54) is 44.6 Å². The van der Waals surface area contributed by atoms with E-state index in [1.807, 2.05) is 0 Å². The molecule has 0 N–H and O–H groups in total. The van der Waals surface area contributed by atoms with Gasteiger partial charge < -0.3 is 9.80 Å². The van der Waals surface area contributed by atoms with E-state index < -0.39 is 0 Å². The van der Waals surface area contributed by atoms with E-state index in [9.17, 15) is 0 Å². The maximum atomic E-state index is 2.46. The van der Waals surface area contributed by atoms with Crippen LogP contribution in [-0.4, -0.2) is 38.6 Å². The molecule has 0 atom stereocenters. The van der Waals surface area contributed by atoms with Crippen LogP contribution in [0, 0.1) is 0 Å². The zero-order chi connectivity index (χ0) is 11.9. The smallest absolute Gasteiger partial charge is 0.0401 e. The molecule has 0 radical (unpaired) electrons. The van der Waals surface area contributed by atoms with E-state index in [0.29, 0.717) is 5.41 Å². The Bertz CT molecular complexity index is 405. The molecular weight excluding hydrogens is 208 g/mol. The van der Waals surface area contributed by atoms with E-state index in [0.717, 1.165) is 0 Å². The Morgan fingerprint density at radius 3 is 2.35 bits per heavy atom. The lowest BCUT2D eigenvalue weighted by Gasteiger charge is -2.47. The average Bonchev–Trinajstić information content (AvgIpc) is 2.38. The first-order chi connectivity index (χ1) is 8.21. The summed E-state index contributed by atoms with van der Waals surface area (Å²) >= 11 is 0. The van der Waals surface area contributed by atoms with E-state index in [1.54, 1.807) is 5.56 Å².